The smallest absolute Gasteiger partial charge is 0.193 e. The number of aliphatic imine (C=N–C) groups is 1. The van der Waals surface area contributed by atoms with E-state index in [1.54, 1.807) is 0 Å². The maximum Gasteiger partial charge on any atom is 0.193 e. The highest BCUT2D eigenvalue weighted by atomic mass is 16.5. The molecule has 5 nitrogen and oxygen atoms in total. The van der Waals surface area contributed by atoms with Crippen LogP contribution in [-0.2, 0) is 4.74 Å². The molecule has 1 aliphatic carbocycles. The molecule has 1 N–H and O–H groups in total. The lowest BCUT2D eigenvalue weighted by Crippen LogP contribution is -2.40. The number of guanidine groups is 1. The van der Waals surface area contributed by atoms with Crippen molar-refractivity contribution in [1.29, 1.82) is 0 Å². The number of rotatable bonds is 11. The highest BCUT2D eigenvalue weighted by Crippen LogP contribution is 2.28. The summed E-state index contributed by atoms with van der Waals surface area (Å²) < 4.78 is 5.75. The number of hydrogen-bond donors (Lipinski definition) is 1. The highest BCUT2D eigenvalue weighted by molar-refractivity contribution is 5.79. The molecule has 0 spiro atoms. The number of ether oxygens (including phenoxy) is 1. The van der Waals surface area contributed by atoms with Crippen molar-refractivity contribution in [3.8, 4) is 0 Å². The Morgan fingerprint density at radius 3 is 2.80 bits per heavy atom. The zero-order valence-corrected chi connectivity index (χ0v) is 16.8. The molecule has 0 amide bonds. The van der Waals surface area contributed by atoms with Crippen LogP contribution in [0.1, 0.15) is 58.8 Å². The molecule has 0 radical (unpaired) electrons. The summed E-state index contributed by atoms with van der Waals surface area (Å²) in [6, 6.07) is 0.774. The normalized spacial score (nSPS) is 22.2. The van der Waals surface area contributed by atoms with Gasteiger partial charge in [0.25, 0.3) is 0 Å². The second-order valence-corrected chi connectivity index (χ2v) is 7.76. The van der Waals surface area contributed by atoms with E-state index in [9.17, 15) is 0 Å². The van der Waals surface area contributed by atoms with Crippen LogP contribution < -0.4 is 5.32 Å². The Hall–Kier alpha value is -0.810. The Bertz CT molecular complexity index is 384. The number of nitrogens with one attached hydrogen (secondary N) is 1. The Labute approximate surface area is 155 Å². The molecule has 1 atom stereocenters. The summed E-state index contributed by atoms with van der Waals surface area (Å²) in [5, 5.41) is 3.40. The van der Waals surface area contributed by atoms with E-state index >= 15 is 0 Å². The van der Waals surface area contributed by atoms with Crippen molar-refractivity contribution in [3.05, 3.63) is 0 Å². The first-order valence-electron chi connectivity index (χ1n) is 10.5. The molecule has 5 heteroatoms. The van der Waals surface area contributed by atoms with Gasteiger partial charge in [-0.3, -0.25) is 4.99 Å². The van der Waals surface area contributed by atoms with Crippen molar-refractivity contribution in [2.75, 3.05) is 53.0 Å². The van der Waals surface area contributed by atoms with E-state index in [2.05, 4.69) is 36.0 Å². The summed E-state index contributed by atoms with van der Waals surface area (Å²) in [6.45, 7) is 11.5. The van der Waals surface area contributed by atoms with Gasteiger partial charge in [-0.2, -0.15) is 0 Å². The SMILES string of the molecule is CCNC(=NCCCCN1CCCCC1C)N(C)CCOCC1CC1. The fourth-order valence-electron chi connectivity index (χ4n) is 3.41. The van der Waals surface area contributed by atoms with E-state index in [-0.39, 0.29) is 0 Å². The van der Waals surface area contributed by atoms with Crippen molar-refractivity contribution >= 4 is 5.96 Å². The average molecular weight is 353 g/mol. The molecular weight excluding hydrogens is 312 g/mol. The molecule has 1 saturated carbocycles. The monoisotopic (exact) mass is 352 g/mol. The van der Waals surface area contributed by atoms with Crippen molar-refractivity contribution in [2.45, 2.75) is 64.8 Å². The van der Waals surface area contributed by atoms with Gasteiger partial charge in [-0.05, 0) is 71.4 Å². The summed E-state index contributed by atoms with van der Waals surface area (Å²) in [5.74, 6) is 1.86. The van der Waals surface area contributed by atoms with Crippen molar-refractivity contribution in [2.24, 2.45) is 10.9 Å². The van der Waals surface area contributed by atoms with Crippen LogP contribution in [0, 0.1) is 5.92 Å². The molecule has 2 fully saturated rings. The molecule has 0 aromatic rings. The number of hydrogen-bond acceptors (Lipinski definition) is 3. The summed E-state index contributed by atoms with van der Waals surface area (Å²) in [6.07, 6.45) is 9.29. The minimum Gasteiger partial charge on any atom is -0.379 e. The average Bonchev–Trinajstić information content (AvgIpc) is 3.43. The summed E-state index contributed by atoms with van der Waals surface area (Å²) in [5.41, 5.74) is 0. The van der Waals surface area contributed by atoms with Crippen molar-refractivity contribution in [1.82, 2.24) is 15.1 Å². The fraction of sp³-hybridized carbons (Fsp3) is 0.950. The third kappa shape index (κ3) is 8.41. The molecule has 146 valence electrons. The van der Waals surface area contributed by atoms with Gasteiger partial charge in [0.2, 0.25) is 0 Å². The largest absolute Gasteiger partial charge is 0.379 e. The number of nitrogens with zero attached hydrogens (tertiary/aromatic N) is 3. The van der Waals surface area contributed by atoms with Gasteiger partial charge < -0.3 is 19.9 Å². The second-order valence-electron chi connectivity index (χ2n) is 7.76. The predicted molar refractivity (Wildman–Crippen MR) is 106 cm³/mol. The Morgan fingerprint density at radius 1 is 1.24 bits per heavy atom. The molecule has 1 heterocycles. The summed E-state index contributed by atoms with van der Waals surface area (Å²) in [7, 11) is 2.11. The van der Waals surface area contributed by atoms with Gasteiger partial charge in [0.1, 0.15) is 0 Å². The van der Waals surface area contributed by atoms with Gasteiger partial charge >= 0.3 is 0 Å². The third-order valence-corrected chi connectivity index (χ3v) is 5.37. The maximum atomic E-state index is 5.75. The van der Waals surface area contributed by atoms with E-state index in [1.807, 2.05) is 0 Å². The highest BCUT2D eigenvalue weighted by Gasteiger charge is 2.21. The second kappa shape index (κ2) is 11.7. The van der Waals surface area contributed by atoms with Crippen molar-refractivity contribution in [3.63, 3.8) is 0 Å². The third-order valence-electron chi connectivity index (χ3n) is 5.37. The Morgan fingerprint density at radius 2 is 2.08 bits per heavy atom. The van der Waals surface area contributed by atoms with E-state index in [1.165, 1.54) is 58.0 Å². The quantitative estimate of drug-likeness (QED) is 0.353. The van der Waals surface area contributed by atoms with Gasteiger partial charge in [0.15, 0.2) is 5.96 Å². The van der Waals surface area contributed by atoms with E-state index in [0.717, 1.165) is 50.8 Å². The van der Waals surface area contributed by atoms with Gasteiger partial charge in [0.05, 0.1) is 6.61 Å². The molecule has 0 aromatic heterocycles. The van der Waals surface area contributed by atoms with Gasteiger partial charge in [0, 0.05) is 39.3 Å². The molecule has 2 aliphatic rings. The van der Waals surface area contributed by atoms with Crippen molar-refractivity contribution < 1.29 is 4.74 Å². The van der Waals surface area contributed by atoms with Crippen LogP contribution in [0.2, 0.25) is 0 Å². The minimum atomic E-state index is 0.774. The molecule has 2 rings (SSSR count). The zero-order chi connectivity index (χ0) is 17.9. The van der Waals surface area contributed by atoms with Crippen LogP contribution in [0.25, 0.3) is 0 Å². The Kier molecular flexibility index (Phi) is 9.63. The van der Waals surface area contributed by atoms with Gasteiger partial charge in [-0.1, -0.05) is 6.42 Å². The minimum absolute atomic E-state index is 0.774. The number of likely N-dealkylation sites (N-methyl/N-ethyl adjacent to an activating group) is 1. The van der Waals surface area contributed by atoms with Crippen LogP contribution in [0.15, 0.2) is 4.99 Å². The molecule has 25 heavy (non-hydrogen) atoms. The molecule has 1 unspecified atom stereocenters. The van der Waals surface area contributed by atoms with E-state index in [4.69, 9.17) is 9.73 Å². The molecule has 1 saturated heterocycles. The van der Waals surface area contributed by atoms with Gasteiger partial charge in [-0.25, -0.2) is 0 Å². The predicted octanol–water partition coefficient (Wildman–Crippen LogP) is 2.96. The summed E-state index contributed by atoms with van der Waals surface area (Å²) in [4.78, 5) is 9.65. The standard InChI is InChI=1S/C20H40N4O/c1-4-21-20(23(3)15-16-25-17-19-10-11-19)22-12-6-8-14-24-13-7-5-9-18(24)2/h18-19H,4-17H2,1-3H3,(H,21,22). The molecule has 1 aliphatic heterocycles. The van der Waals surface area contributed by atoms with Crippen LogP contribution in [0.4, 0.5) is 0 Å². The van der Waals surface area contributed by atoms with E-state index in [0.29, 0.717) is 0 Å². The van der Waals surface area contributed by atoms with Gasteiger partial charge in [-0.15, -0.1) is 0 Å². The van der Waals surface area contributed by atoms with Crippen LogP contribution >= 0.6 is 0 Å². The first-order valence-corrected chi connectivity index (χ1v) is 10.5. The number of unbranched alkanes of at least 4 members (excludes halogenated alkanes) is 1. The fourth-order valence-corrected chi connectivity index (χ4v) is 3.41. The summed E-state index contributed by atoms with van der Waals surface area (Å²) >= 11 is 0. The molecule has 0 bridgehead atoms. The number of likely N-dealkylation sites (tertiary alicyclic amines) is 1. The lowest BCUT2D eigenvalue weighted by atomic mass is 10.0. The van der Waals surface area contributed by atoms with Crippen LogP contribution in [-0.4, -0.2) is 74.8 Å². The first-order chi connectivity index (χ1) is 12.2. The molecular formula is C20H40N4O. The topological polar surface area (TPSA) is 40.1 Å². The van der Waals surface area contributed by atoms with Crippen LogP contribution in [0.3, 0.4) is 0 Å². The number of piperidine rings is 1. The molecule has 0 aromatic carbocycles. The lowest BCUT2D eigenvalue weighted by molar-refractivity contribution is 0.115. The Balaban J connectivity index is 1.59. The maximum absolute atomic E-state index is 5.75. The zero-order valence-electron chi connectivity index (χ0n) is 16.8. The first kappa shape index (κ1) is 20.5. The lowest BCUT2D eigenvalue weighted by Gasteiger charge is -2.33. The van der Waals surface area contributed by atoms with Crippen LogP contribution in [0.5, 0.6) is 0 Å². The van der Waals surface area contributed by atoms with E-state index < -0.39 is 0 Å².